The number of hydrogen-bond acceptors (Lipinski definition) is 4. The fourth-order valence-electron chi connectivity index (χ4n) is 1.99. The molecule has 1 rings (SSSR count). The van der Waals surface area contributed by atoms with Gasteiger partial charge in [-0.25, -0.2) is 0 Å². The van der Waals surface area contributed by atoms with Crippen LogP contribution >= 0.6 is 0 Å². The molecule has 5 heteroatoms. The van der Waals surface area contributed by atoms with E-state index in [2.05, 4.69) is 26.1 Å². The van der Waals surface area contributed by atoms with Crippen molar-refractivity contribution in [2.75, 3.05) is 5.32 Å². The van der Waals surface area contributed by atoms with Crippen LogP contribution in [0, 0.1) is 27.4 Å². The van der Waals surface area contributed by atoms with Crippen molar-refractivity contribution in [3.05, 3.63) is 33.9 Å². The highest BCUT2D eigenvalue weighted by Crippen LogP contribution is 2.23. The lowest BCUT2D eigenvalue weighted by atomic mass is 10.00. The van der Waals surface area contributed by atoms with Crippen LogP contribution in [0.4, 0.5) is 11.4 Å². The van der Waals surface area contributed by atoms with Gasteiger partial charge in [-0.2, -0.15) is 5.26 Å². The second kappa shape index (κ2) is 6.74. The maximum absolute atomic E-state index is 10.7. The minimum absolute atomic E-state index is 0.0886. The molecule has 1 aromatic carbocycles. The van der Waals surface area contributed by atoms with Gasteiger partial charge in [-0.3, -0.25) is 10.1 Å². The Morgan fingerprint density at radius 2 is 2.16 bits per heavy atom. The van der Waals surface area contributed by atoms with E-state index in [4.69, 9.17) is 5.26 Å². The van der Waals surface area contributed by atoms with Gasteiger partial charge in [0.15, 0.2) is 0 Å². The second-order valence-electron chi connectivity index (χ2n) is 4.90. The summed E-state index contributed by atoms with van der Waals surface area (Å²) in [6.07, 6.45) is 2.14. The summed E-state index contributed by atoms with van der Waals surface area (Å²) in [4.78, 5) is 10.2. The molecule has 0 amide bonds. The van der Waals surface area contributed by atoms with Crippen LogP contribution in [0.25, 0.3) is 0 Å². The van der Waals surface area contributed by atoms with E-state index in [1.807, 2.05) is 6.07 Å². The molecule has 0 aromatic heterocycles. The molecule has 0 spiro atoms. The Hall–Kier alpha value is -2.09. The molecule has 1 aromatic rings. The lowest BCUT2D eigenvalue weighted by Gasteiger charge is -2.18. The molecule has 0 aliphatic rings. The van der Waals surface area contributed by atoms with Gasteiger partial charge < -0.3 is 5.32 Å². The molecule has 0 saturated heterocycles. The van der Waals surface area contributed by atoms with E-state index in [1.165, 1.54) is 12.1 Å². The summed E-state index contributed by atoms with van der Waals surface area (Å²) >= 11 is 0. The highest BCUT2D eigenvalue weighted by atomic mass is 16.6. The zero-order valence-corrected chi connectivity index (χ0v) is 11.5. The average Bonchev–Trinajstić information content (AvgIpc) is 2.37. The van der Waals surface area contributed by atoms with Crippen molar-refractivity contribution in [1.29, 1.82) is 5.26 Å². The van der Waals surface area contributed by atoms with Gasteiger partial charge >= 0.3 is 0 Å². The van der Waals surface area contributed by atoms with Gasteiger partial charge in [-0.15, -0.1) is 0 Å². The number of rotatable bonds is 6. The molecule has 0 aliphatic heterocycles. The third-order valence-electron chi connectivity index (χ3n) is 3.18. The standard InChI is InChI=1S/C14H19N3O2/c1-4-10(2)7-11(3)16-13-5-6-14(17(18)19)12(8-13)9-15/h5-6,8,10-11,16H,4,7H2,1-3H3. The van der Waals surface area contributed by atoms with E-state index in [1.54, 1.807) is 6.07 Å². The summed E-state index contributed by atoms with van der Waals surface area (Å²) in [5.41, 5.74) is 0.686. The summed E-state index contributed by atoms with van der Waals surface area (Å²) in [6.45, 7) is 6.41. The third-order valence-corrected chi connectivity index (χ3v) is 3.18. The first-order valence-corrected chi connectivity index (χ1v) is 6.43. The highest BCUT2D eigenvalue weighted by molar-refractivity contribution is 5.58. The smallest absolute Gasteiger partial charge is 0.287 e. The van der Waals surface area contributed by atoms with Crippen molar-refractivity contribution < 1.29 is 4.92 Å². The molecule has 0 radical (unpaired) electrons. The van der Waals surface area contributed by atoms with Crippen LogP contribution in [-0.4, -0.2) is 11.0 Å². The number of nitriles is 1. The van der Waals surface area contributed by atoms with E-state index in [0.29, 0.717) is 5.92 Å². The van der Waals surface area contributed by atoms with Gasteiger partial charge in [0.2, 0.25) is 0 Å². The SMILES string of the molecule is CCC(C)CC(C)Nc1ccc([N+](=O)[O-])c(C#N)c1. The number of nitro benzene ring substituents is 1. The molecule has 0 fully saturated rings. The van der Waals surface area contributed by atoms with Gasteiger partial charge in [-0.05, 0) is 31.4 Å². The maximum Gasteiger partial charge on any atom is 0.287 e. The molecular formula is C14H19N3O2. The van der Waals surface area contributed by atoms with Crippen molar-refractivity contribution in [3.8, 4) is 6.07 Å². The number of nitro groups is 1. The van der Waals surface area contributed by atoms with Crippen LogP contribution in [-0.2, 0) is 0 Å². The van der Waals surface area contributed by atoms with Gasteiger partial charge in [-0.1, -0.05) is 20.3 Å². The Morgan fingerprint density at radius 3 is 2.68 bits per heavy atom. The van der Waals surface area contributed by atoms with Gasteiger partial charge in [0, 0.05) is 17.8 Å². The lowest BCUT2D eigenvalue weighted by molar-refractivity contribution is -0.385. The van der Waals surface area contributed by atoms with Crippen molar-refractivity contribution >= 4 is 11.4 Å². The summed E-state index contributed by atoms with van der Waals surface area (Å²) in [5, 5.41) is 22.9. The van der Waals surface area contributed by atoms with Crippen LogP contribution in [0.2, 0.25) is 0 Å². The normalized spacial score (nSPS) is 13.4. The van der Waals surface area contributed by atoms with Crippen molar-refractivity contribution in [2.45, 2.75) is 39.7 Å². The first kappa shape index (κ1) is 15.0. The maximum atomic E-state index is 10.7. The monoisotopic (exact) mass is 261 g/mol. The molecule has 0 heterocycles. The predicted molar refractivity (Wildman–Crippen MR) is 75.0 cm³/mol. The van der Waals surface area contributed by atoms with E-state index in [9.17, 15) is 10.1 Å². The minimum Gasteiger partial charge on any atom is -0.383 e. The quantitative estimate of drug-likeness (QED) is 0.625. The lowest BCUT2D eigenvalue weighted by Crippen LogP contribution is -2.18. The Balaban J connectivity index is 2.81. The number of hydrogen-bond donors (Lipinski definition) is 1. The number of nitrogens with zero attached hydrogens (tertiary/aromatic N) is 2. The fourth-order valence-corrected chi connectivity index (χ4v) is 1.99. The van der Waals surface area contributed by atoms with Crippen LogP contribution in [0.1, 0.15) is 39.2 Å². The zero-order chi connectivity index (χ0) is 14.4. The molecule has 0 bridgehead atoms. The third kappa shape index (κ3) is 4.25. The van der Waals surface area contributed by atoms with E-state index >= 15 is 0 Å². The van der Waals surface area contributed by atoms with Crippen molar-refractivity contribution in [3.63, 3.8) is 0 Å². The van der Waals surface area contributed by atoms with E-state index in [0.717, 1.165) is 18.5 Å². The Bertz CT molecular complexity index is 494. The average molecular weight is 261 g/mol. The van der Waals surface area contributed by atoms with Crippen LogP contribution in [0.5, 0.6) is 0 Å². The fraction of sp³-hybridized carbons (Fsp3) is 0.500. The molecule has 0 aliphatic carbocycles. The first-order valence-electron chi connectivity index (χ1n) is 6.43. The Kier molecular flexibility index (Phi) is 5.31. The predicted octanol–water partition coefficient (Wildman–Crippen LogP) is 3.70. The Morgan fingerprint density at radius 1 is 1.47 bits per heavy atom. The highest BCUT2D eigenvalue weighted by Gasteiger charge is 2.14. The number of anilines is 1. The molecule has 2 atom stereocenters. The molecule has 2 unspecified atom stereocenters. The molecular weight excluding hydrogens is 242 g/mol. The number of nitrogens with one attached hydrogen (secondary N) is 1. The van der Waals surface area contributed by atoms with Gasteiger partial charge in [0.1, 0.15) is 11.6 Å². The minimum atomic E-state index is -0.537. The molecule has 102 valence electrons. The van der Waals surface area contributed by atoms with Crippen molar-refractivity contribution in [2.24, 2.45) is 5.92 Å². The van der Waals surface area contributed by atoms with Gasteiger partial charge in [0.25, 0.3) is 5.69 Å². The first-order chi connectivity index (χ1) is 8.97. The van der Waals surface area contributed by atoms with E-state index < -0.39 is 4.92 Å². The van der Waals surface area contributed by atoms with Crippen LogP contribution in [0.15, 0.2) is 18.2 Å². The molecule has 1 N–H and O–H groups in total. The van der Waals surface area contributed by atoms with Crippen LogP contribution < -0.4 is 5.32 Å². The molecule has 5 nitrogen and oxygen atoms in total. The zero-order valence-electron chi connectivity index (χ0n) is 11.5. The second-order valence-corrected chi connectivity index (χ2v) is 4.90. The largest absolute Gasteiger partial charge is 0.383 e. The summed E-state index contributed by atoms with van der Waals surface area (Å²) in [7, 11) is 0. The summed E-state index contributed by atoms with van der Waals surface area (Å²) < 4.78 is 0. The van der Waals surface area contributed by atoms with Gasteiger partial charge in [0.05, 0.1) is 4.92 Å². The van der Waals surface area contributed by atoms with E-state index in [-0.39, 0.29) is 17.3 Å². The topological polar surface area (TPSA) is 79.0 Å². The summed E-state index contributed by atoms with van der Waals surface area (Å²) in [6, 6.07) is 6.68. The van der Waals surface area contributed by atoms with Crippen LogP contribution in [0.3, 0.4) is 0 Å². The summed E-state index contributed by atoms with van der Waals surface area (Å²) in [5.74, 6) is 0.621. The van der Waals surface area contributed by atoms with Crippen molar-refractivity contribution in [1.82, 2.24) is 0 Å². The molecule has 19 heavy (non-hydrogen) atoms. The Labute approximate surface area is 113 Å². The molecule has 0 saturated carbocycles. The number of benzene rings is 1.